The first-order chi connectivity index (χ1) is 6.70. The lowest BCUT2D eigenvalue weighted by atomic mass is 9.96. The van der Waals surface area contributed by atoms with Crippen LogP contribution in [0.5, 0.6) is 0 Å². The van der Waals surface area contributed by atoms with Gasteiger partial charge in [0.2, 0.25) is 0 Å². The van der Waals surface area contributed by atoms with Gasteiger partial charge in [0.25, 0.3) is 0 Å². The van der Waals surface area contributed by atoms with E-state index in [9.17, 15) is 4.39 Å². The van der Waals surface area contributed by atoms with Crippen LogP contribution in [0.1, 0.15) is 12.0 Å². The van der Waals surface area contributed by atoms with E-state index in [1.165, 1.54) is 0 Å². The van der Waals surface area contributed by atoms with E-state index in [1.54, 1.807) is 6.07 Å². The Kier molecular flexibility index (Phi) is 2.75. The van der Waals surface area contributed by atoms with Crippen LogP contribution in [0.15, 0.2) is 24.3 Å². The largest absolute Gasteiger partial charge is 0.378 e. The minimum absolute atomic E-state index is 0.193. The third-order valence-electron chi connectivity index (χ3n) is 2.52. The van der Waals surface area contributed by atoms with Crippen molar-refractivity contribution in [2.24, 2.45) is 0 Å². The highest BCUT2D eigenvalue weighted by Crippen LogP contribution is 2.30. The zero-order valence-corrected chi connectivity index (χ0v) is 8.56. The average Bonchev–Trinajstić information content (AvgIpc) is 2.57. The Morgan fingerprint density at radius 1 is 1.43 bits per heavy atom. The van der Waals surface area contributed by atoms with Crippen LogP contribution in [0.3, 0.4) is 0 Å². The second-order valence-electron chi connectivity index (χ2n) is 3.72. The van der Waals surface area contributed by atoms with Crippen molar-refractivity contribution in [2.45, 2.75) is 18.5 Å². The molecule has 0 saturated carbocycles. The van der Waals surface area contributed by atoms with Gasteiger partial charge in [0, 0.05) is 24.5 Å². The molecule has 1 saturated heterocycles. The second-order valence-corrected chi connectivity index (χ2v) is 4.13. The van der Waals surface area contributed by atoms with Gasteiger partial charge in [-0.2, -0.15) is 0 Å². The van der Waals surface area contributed by atoms with E-state index >= 15 is 0 Å². The zero-order chi connectivity index (χ0) is 10.0. The molecule has 1 heterocycles. The second kappa shape index (κ2) is 3.87. The van der Waals surface area contributed by atoms with Crippen LogP contribution in [-0.4, -0.2) is 18.9 Å². The molecule has 1 nitrogen and oxygen atoms in total. The van der Waals surface area contributed by atoms with Gasteiger partial charge in [-0.1, -0.05) is 29.8 Å². The van der Waals surface area contributed by atoms with Gasteiger partial charge in [-0.15, -0.1) is 0 Å². The number of alkyl halides is 1. The van der Waals surface area contributed by atoms with Crippen LogP contribution in [0.25, 0.3) is 0 Å². The monoisotopic (exact) mass is 214 g/mol. The Hall–Kier alpha value is -0.600. The van der Waals surface area contributed by atoms with Gasteiger partial charge in [0.15, 0.2) is 0 Å². The van der Waals surface area contributed by atoms with Crippen molar-refractivity contribution in [2.75, 3.05) is 13.2 Å². The summed E-state index contributed by atoms with van der Waals surface area (Å²) in [6.07, 6.45) is 0.824. The lowest BCUT2D eigenvalue weighted by Gasteiger charge is -2.17. The molecule has 1 aromatic carbocycles. The zero-order valence-electron chi connectivity index (χ0n) is 7.80. The van der Waals surface area contributed by atoms with Gasteiger partial charge in [-0.05, 0) is 11.6 Å². The van der Waals surface area contributed by atoms with Gasteiger partial charge in [0.05, 0.1) is 6.61 Å². The molecule has 1 unspecified atom stereocenters. The molecule has 0 radical (unpaired) electrons. The molecule has 2 rings (SSSR count). The molecule has 76 valence electrons. The van der Waals surface area contributed by atoms with E-state index in [0.717, 1.165) is 5.56 Å². The van der Waals surface area contributed by atoms with Crippen LogP contribution >= 0.6 is 11.6 Å². The summed E-state index contributed by atoms with van der Waals surface area (Å²) in [5.74, 6) is 0. The lowest BCUT2D eigenvalue weighted by Crippen LogP contribution is -2.26. The summed E-state index contributed by atoms with van der Waals surface area (Å²) in [5, 5.41) is 0.636. The maximum absolute atomic E-state index is 14.0. The molecule has 14 heavy (non-hydrogen) atoms. The number of hydrogen-bond acceptors (Lipinski definition) is 1. The molecule has 0 N–H and O–H groups in total. The SMILES string of the molecule is FC1(Cc2ccccc2Cl)CCOC1. The van der Waals surface area contributed by atoms with E-state index in [4.69, 9.17) is 16.3 Å². The topological polar surface area (TPSA) is 9.23 Å². The normalized spacial score (nSPS) is 26.7. The molecule has 1 aromatic rings. The van der Waals surface area contributed by atoms with Gasteiger partial charge in [-0.25, -0.2) is 4.39 Å². The van der Waals surface area contributed by atoms with Crippen LogP contribution in [0.2, 0.25) is 5.02 Å². The highest BCUT2D eigenvalue weighted by molar-refractivity contribution is 6.31. The molecular weight excluding hydrogens is 203 g/mol. The summed E-state index contributed by atoms with van der Waals surface area (Å²) in [4.78, 5) is 0. The summed E-state index contributed by atoms with van der Waals surface area (Å²) in [6.45, 7) is 0.708. The van der Waals surface area contributed by atoms with E-state index in [-0.39, 0.29) is 6.61 Å². The third-order valence-corrected chi connectivity index (χ3v) is 2.89. The summed E-state index contributed by atoms with van der Waals surface area (Å²) in [6, 6.07) is 7.38. The summed E-state index contributed by atoms with van der Waals surface area (Å²) in [7, 11) is 0. The highest BCUT2D eigenvalue weighted by Gasteiger charge is 2.35. The molecule has 0 aliphatic carbocycles. The summed E-state index contributed by atoms with van der Waals surface area (Å²) in [5.41, 5.74) is -0.354. The van der Waals surface area contributed by atoms with Crippen LogP contribution in [-0.2, 0) is 11.2 Å². The minimum atomic E-state index is -1.22. The molecule has 0 aromatic heterocycles. The Morgan fingerprint density at radius 2 is 2.21 bits per heavy atom. The van der Waals surface area contributed by atoms with E-state index in [1.807, 2.05) is 18.2 Å². The maximum Gasteiger partial charge on any atom is 0.140 e. The van der Waals surface area contributed by atoms with Crippen LogP contribution in [0.4, 0.5) is 4.39 Å². The van der Waals surface area contributed by atoms with Crippen molar-refractivity contribution in [3.05, 3.63) is 34.9 Å². The van der Waals surface area contributed by atoms with Crippen molar-refractivity contribution in [3.63, 3.8) is 0 Å². The molecule has 3 heteroatoms. The molecule has 1 fully saturated rings. The Morgan fingerprint density at radius 3 is 2.86 bits per heavy atom. The smallest absolute Gasteiger partial charge is 0.140 e. The fourth-order valence-corrected chi connectivity index (χ4v) is 1.91. The predicted octanol–water partition coefficient (Wildman–Crippen LogP) is 3.01. The number of ether oxygens (including phenoxy) is 1. The maximum atomic E-state index is 14.0. The quantitative estimate of drug-likeness (QED) is 0.736. The van der Waals surface area contributed by atoms with Crippen molar-refractivity contribution in [1.82, 2.24) is 0 Å². The van der Waals surface area contributed by atoms with Crippen molar-refractivity contribution in [1.29, 1.82) is 0 Å². The number of benzene rings is 1. The number of hydrogen-bond donors (Lipinski definition) is 0. The van der Waals surface area contributed by atoms with Crippen molar-refractivity contribution >= 4 is 11.6 Å². The van der Waals surface area contributed by atoms with Gasteiger partial charge in [-0.3, -0.25) is 0 Å². The molecular formula is C11H12ClFO. The molecule has 1 aliphatic heterocycles. The number of rotatable bonds is 2. The Bertz CT molecular complexity index is 321. The first kappa shape index (κ1) is 9.94. The van der Waals surface area contributed by atoms with E-state index in [2.05, 4.69) is 0 Å². The van der Waals surface area contributed by atoms with Crippen molar-refractivity contribution < 1.29 is 9.13 Å². The predicted molar refractivity (Wildman–Crippen MR) is 54.4 cm³/mol. The molecule has 0 bridgehead atoms. The van der Waals surface area contributed by atoms with Gasteiger partial charge in [0.1, 0.15) is 5.67 Å². The minimum Gasteiger partial charge on any atom is -0.378 e. The first-order valence-electron chi connectivity index (χ1n) is 4.70. The van der Waals surface area contributed by atoms with Crippen LogP contribution < -0.4 is 0 Å². The van der Waals surface area contributed by atoms with Crippen LogP contribution in [0, 0.1) is 0 Å². The van der Waals surface area contributed by atoms with E-state index in [0.29, 0.717) is 24.5 Å². The van der Waals surface area contributed by atoms with Gasteiger partial charge >= 0.3 is 0 Å². The fourth-order valence-electron chi connectivity index (χ4n) is 1.70. The first-order valence-corrected chi connectivity index (χ1v) is 5.07. The standard InChI is InChI=1S/C11H12ClFO/c12-10-4-2-1-3-9(10)7-11(13)5-6-14-8-11/h1-4H,5-8H2. The molecule has 0 spiro atoms. The Balaban J connectivity index is 2.14. The van der Waals surface area contributed by atoms with Crippen molar-refractivity contribution in [3.8, 4) is 0 Å². The average molecular weight is 215 g/mol. The number of halogens is 2. The third kappa shape index (κ3) is 2.07. The summed E-state index contributed by atoms with van der Waals surface area (Å²) < 4.78 is 19.0. The van der Waals surface area contributed by atoms with Gasteiger partial charge < -0.3 is 4.74 Å². The summed E-state index contributed by atoms with van der Waals surface area (Å²) >= 11 is 5.96. The molecule has 1 aliphatic rings. The Labute approximate surface area is 87.8 Å². The molecule has 1 atom stereocenters. The molecule has 0 amide bonds. The lowest BCUT2D eigenvalue weighted by molar-refractivity contribution is 0.112. The van der Waals surface area contributed by atoms with E-state index < -0.39 is 5.67 Å². The highest BCUT2D eigenvalue weighted by atomic mass is 35.5. The fraction of sp³-hybridized carbons (Fsp3) is 0.455.